The van der Waals surface area contributed by atoms with Gasteiger partial charge in [0, 0.05) is 12.6 Å². The van der Waals surface area contributed by atoms with Crippen molar-refractivity contribution in [1.82, 2.24) is 9.88 Å². The quantitative estimate of drug-likeness (QED) is 0.856. The second kappa shape index (κ2) is 5.43. The first-order valence-electron chi connectivity index (χ1n) is 7.23. The molecule has 1 aromatic heterocycles. The summed E-state index contributed by atoms with van der Waals surface area (Å²) < 4.78 is 43.7. The summed E-state index contributed by atoms with van der Waals surface area (Å²) in [6.07, 6.45) is -4.11. The maximum atomic E-state index is 12.7. The molecular weight excluding hydrogens is 313 g/mol. The number of halogens is 3. The van der Waals surface area contributed by atoms with E-state index < -0.39 is 17.8 Å². The molecule has 0 unspecified atom stereocenters. The number of hydrogen-bond donors (Lipinski definition) is 1. The average Bonchev–Trinajstić information content (AvgIpc) is 2.89. The number of fused-ring (bicyclic) bond motifs is 1. The van der Waals surface area contributed by atoms with Gasteiger partial charge in [-0.15, -0.1) is 0 Å². The first-order chi connectivity index (χ1) is 10.8. The highest BCUT2D eigenvalue weighted by Gasteiger charge is 2.33. The van der Waals surface area contributed by atoms with Crippen molar-refractivity contribution < 1.29 is 27.5 Å². The maximum Gasteiger partial charge on any atom is 0.416 e. The molecule has 1 saturated heterocycles. The van der Waals surface area contributed by atoms with E-state index in [4.69, 9.17) is 4.42 Å². The zero-order chi connectivity index (χ0) is 16.8. The number of aromatic nitrogens is 1. The molecule has 2 atom stereocenters. The number of nitrogens with zero attached hydrogens (tertiary/aromatic N) is 2. The van der Waals surface area contributed by atoms with Crippen molar-refractivity contribution in [1.29, 1.82) is 0 Å². The first kappa shape index (κ1) is 15.6. The molecule has 3 rings (SSSR count). The number of carboxylic acid groups (broad SMARTS) is 1. The van der Waals surface area contributed by atoms with Gasteiger partial charge in [-0.2, -0.15) is 13.2 Å². The number of oxazole rings is 1. The number of benzene rings is 1. The van der Waals surface area contributed by atoms with Crippen LogP contribution in [0, 0.1) is 0 Å². The molecule has 2 heterocycles. The number of alkyl halides is 3. The predicted octanol–water partition coefficient (Wildman–Crippen LogP) is 4.09. The van der Waals surface area contributed by atoms with Crippen molar-refractivity contribution in [3.63, 3.8) is 0 Å². The SMILES string of the molecule is C[C@@H]1CC[C@@H](c2nc3cc(C(F)(F)F)ccc3o2)CN1C(=O)O. The van der Waals surface area contributed by atoms with Crippen LogP contribution in [-0.2, 0) is 6.18 Å². The van der Waals surface area contributed by atoms with Crippen LogP contribution in [-0.4, -0.2) is 33.7 Å². The topological polar surface area (TPSA) is 66.6 Å². The lowest BCUT2D eigenvalue weighted by Gasteiger charge is -2.34. The fraction of sp³-hybridized carbons (Fsp3) is 0.467. The van der Waals surface area contributed by atoms with Gasteiger partial charge in [0.05, 0.1) is 11.5 Å². The van der Waals surface area contributed by atoms with Gasteiger partial charge in [-0.25, -0.2) is 9.78 Å². The van der Waals surface area contributed by atoms with Crippen LogP contribution in [0.5, 0.6) is 0 Å². The number of carbonyl (C=O) groups is 1. The average molecular weight is 328 g/mol. The predicted molar refractivity (Wildman–Crippen MR) is 75.2 cm³/mol. The van der Waals surface area contributed by atoms with Gasteiger partial charge in [-0.1, -0.05) is 0 Å². The smallest absolute Gasteiger partial charge is 0.416 e. The molecule has 0 spiro atoms. The lowest BCUT2D eigenvalue weighted by molar-refractivity contribution is -0.137. The molecule has 5 nitrogen and oxygen atoms in total. The van der Waals surface area contributed by atoms with Crippen LogP contribution < -0.4 is 0 Å². The molecule has 8 heteroatoms. The summed E-state index contributed by atoms with van der Waals surface area (Å²) in [5.74, 6) is 0.0431. The van der Waals surface area contributed by atoms with E-state index in [0.29, 0.717) is 12.8 Å². The third-order valence-electron chi connectivity index (χ3n) is 4.21. The molecule has 2 aromatic rings. The Morgan fingerprint density at radius 2 is 2.13 bits per heavy atom. The summed E-state index contributed by atoms with van der Waals surface area (Å²) in [7, 11) is 0. The van der Waals surface area contributed by atoms with Crippen LogP contribution >= 0.6 is 0 Å². The van der Waals surface area contributed by atoms with Gasteiger partial charge >= 0.3 is 12.3 Å². The largest absolute Gasteiger partial charge is 0.465 e. The van der Waals surface area contributed by atoms with Crippen molar-refractivity contribution >= 4 is 17.2 Å². The fourth-order valence-electron chi connectivity index (χ4n) is 2.87. The zero-order valence-electron chi connectivity index (χ0n) is 12.3. The van der Waals surface area contributed by atoms with E-state index in [0.717, 1.165) is 12.1 Å². The van der Waals surface area contributed by atoms with Gasteiger partial charge in [0.2, 0.25) is 0 Å². The summed E-state index contributed by atoms with van der Waals surface area (Å²) in [5, 5.41) is 9.19. The Hall–Kier alpha value is -2.25. The molecule has 1 amide bonds. The Labute approximate surface area is 129 Å². The van der Waals surface area contributed by atoms with Crippen LogP contribution in [0.1, 0.15) is 37.1 Å². The van der Waals surface area contributed by atoms with Crippen LogP contribution in [0.4, 0.5) is 18.0 Å². The Balaban J connectivity index is 1.90. The molecule has 124 valence electrons. The highest BCUT2D eigenvalue weighted by Crippen LogP contribution is 2.34. The molecule has 23 heavy (non-hydrogen) atoms. The number of rotatable bonds is 1. The molecule has 0 radical (unpaired) electrons. The minimum atomic E-state index is -4.44. The highest BCUT2D eigenvalue weighted by atomic mass is 19.4. The van der Waals surface area contributed by atoms with Gasteiger partial charge in [-0.05, 0) is 38.0 Å². The first-order valence-corrected chi connectivity index (χ1v) is 7.23. The zero-order valence-corrected chi connectivity index (χ0v) is 12.3. The van der Waals surface area contributed by atoms with Gasteiger partial charge in [0.15, 0.2) is 11.5 Å². The van der Waals surface area contributed by atoms with Crippen LogP contribution in [0.25, 0.3) is 11.1 Å². The lowest BCUT2D eigenvalue weighted by atomic mass is 9.94. The van der Waals surface area contributed by atoms with Gasteiger partial charge in [-0.3, -0.25) is 0 Å². The molecule has 0 saturated carbocycles. The maximum absolute atomic E-state index is 12.7. The van der Waals surface area contributed by atoms with E-state index in [9.17, 15) is 23.1 Å². The second-order valence-electron chi connectivity index (χ2n) is 5.79. The lowest BCUT2D eigenvalue weighted by Crippen LogP contribution is -2.44. The molecule has 1 fully saturated rings. The molecule has 1 aromatic carbocycles. The normalized spacial score (nSPS) is 22.5. The minimum absolute atomic E-state index is 0.0926. The van der Waals surface area contributed by atoms with E-state index in [-0.39, 0.29) is 35.5 Å². The highest BCUT2D eigenvalue weighted by molar-refractivity contribution is 5.73. The molecule has 1 aliphatic rings. The van der Waals surface area contributed by atoms with E-state index in [1.165, 1.54) is 11.0 Å². The summed E-state index contributed by atoms with van der Waals surface area (Å²) in [6, 6.07) is 3.05. The third kappa shape index (κ3) is 2.97. The second-order valence-corrected chi connectivity index (χ2v) is 5.79. The van der Waals surface area contributed by atoms with E-state index in [2.05, 4.69) is 4.98 Å². The van der Waals surface area contributed by atoms with Gasteiger partial charge in [0.25, 0.3) is 0 Å². The van der Waals surface area contributed by atoms with Crippen molar-refractivity contribution in [3.05, 3.63) is 29.7 Å². The van der Waals surface area contributed by atoms with Crippen molar-refractivity contribution in [2.45, 2.75) is 37.9 Å². The Morgan fingerprint density at radius 3 is 2.78 bits per heavy atom. The molecular formula is C15H15F3N2O3. The summed E-state index contributed by atoms with van der Waals surface area (Å²) in [4.78, 5) is 16.7. The molecule has 1 aliphatic heterocycles. The Kier molecular flexibility index (Phi) is 3.69. The summed E-state index contributed by atoms with van der Waals surface area (Å²) in [6.45, 7) is 2.06. The number of piperidine rings is 1. The minimum Gasteiger partial charge on any atom is -0.465 e. The van der Waals surface area contributed by atoms with E-state index >= 15 is 0 Å². The summed E-state index contributed by atoms with van der Waals surface area (Å²) >= 11 is 0. The Bertz CT molecular complexity index is 741. The standard InChI is InChI=1S/C15H15F3N2O3/c1-8-2-3-9(7-20(8)14(21)22)13-19-11-6-10(15(16,17)18)4-5-12(11)23-13/h4-6,8-9H,2-3,7H2,1H3,(H,21,22)/t8-,9-/m1/s1. The number of likely N-dealkylation sites (tertiary alicyclic amines) is 1. The van der Waals surface area contributed by atoms with E-state index in [1.807, 2.05) is 6.92 Å². The van der Waals surface area contributed by atoms with Crippen LogP contribution in [0.3, 0.4) is 0 Å². The molecule has 0 bridgehead atoms. The monoisotopic (exact) mass is 328 g/mol. The van der Waals surface area contributed by atoms with Gasteiger partial charge in [0.1, 0.15) is 5.52 Å². The third-order valence-corrected chi connectivity index (χ3v) is 4.21. The van der Waals surface area contributed by atoms with Crippen molar-refractivity contribution in [2.24, 2.45) is 0 Å². The molecule has 0 aliphatic carbocycles. The summed E-state index contributed by atoms with van der Waals surface area (Å²) in [5.41, 5.74) is -0.377. The molecule has 1 N–H and O–H groups in total. The number of amides is 1. The Morgan fingerprint density at radius 1 is 1.39 bits per heavy atom. The fourth-order valence-corrected chi connectivity index (χ4v) is 2.87. The van der Waals surface area contributed by atoms with E-state index in [1.54, 1.807) is 0 Å². The van der Waals surface area contributed by atoms with Crippen molar-refractivity contribution in [2.75, 3.05) is 6.54 Å². The van der Waals surface area contributed by atoms with Crippen molar-refractivity contribution in [3.8, 4) is 0 Å². The van der Waals surface area contributed by atoms with Gasteiger partial charge < -0.3 is 14.4 Å². The number of hydrogen-bond acceptors (Lipinski definition) is 3. The van der Waals surface area contributed by atoms with Crippen LogP contribution in [0.15, 0.2) is 22.6 Å². The van der Waals surface area contributed by atoms with Crippen LogP contribution in [0.2, 0.25) is 0 Å².